The fourth-order valence-corrected chi connectivity index (χ4v) is 4.06. The minimum absolute atomic E-state index is 0.219. The molecule has 1 aliphatic carbocycles. The Bertz CT molecular complexity index is 692. The van der Waals surface area contributed by atoms with Crippen molar-refractivity contribution in [1.29, 1.82) is 0 Å². The molecular formula is C18H23N3O. The molecule has 0 bridgehead atoms. The number of nitrogens with zero attached hydrogens (tertiary/aromatic N) is 3. The molecule has 2 aromatic rings. The van der Waals surface area contributed by atoms with Crippen molar-refractivity contribution in [2.45, 2.75) is 38.3 Å². The summed E-state index contributed by atoms with van der Waals surface area (Å²) >= 11 is 0. The average Bonchev–Trinajstić information content (AvgIpc) is 3.09. The highest BCUT2D eigenvalue weighted by Gasteiger charge is 2.27. The first-order chi connectivity index (χ1) is 10.8. The molecule has 1 aromatic carbocycles. The zero-order valence-corrected chi connectivity index (χ0v) is 13.1. The van der Waals surface area contributed by atoms with Crippen LogP contribution in [0.1, 0.15) is 40.4 Å². The second-order valence-corrected chi connectivity index (χ2v) is 6.60. The summed E-state index contributed by atoms with van der Waals surface area (Å²) in [6.45, 7) is 3.04. The van der Waals surface area contributed by atoms with Crippen molar-refractivity contribution in [3.05, 3.63) is 52.3 Å². The third-order valence-corrected chi connectivity index (χ3v) is 5.16. The highest BCUT2D eigenvalue weighted by Crippen LogP contribution is 2.31. The minimum Gasteiger partial charge on any atom is -0.396 e. The van der Waals surface area contributed by atoms with Crippen molar-refractivity contribution >= 4 is 0 Å². The van der Waals surface area contributed by atoms with Crippen LogP contribution in [0, 0.1) is 0 Å². The number of benzene rings is 1. The van der Waals surface area contributed by atoms with E-state index in [-0.39, 0.29) is 12.5 Å². The van der Waals surface area contributed by atoms with Gasteiger partial charge < -0.3 is 5.11 Å². The molecule has 4 heteroatoms. The van der Waals surface area contributed by atoms with Crippen LogP contribution in [0.25, 0.3) is 0 Å². The van der Waals surface area contributed by atoms with E-state index in [0.717, 1.165) is 26.1 Å². The smallest absolute Gasteiger partial charge is 0.0660 e. The number of fused-ring (bicyclic) bond motifs is 2. The maximum absolute atomic E-state index is 9.75. The summed E-state index contributed by atoms with van der Waals surface area (Å²) in [4.78, 5) is 2.46. The lowest BCUT2D eigenvalue weighted by atomic mass is 9.90. The molecule has 116 valence electrons. The number of aromatic nitrogens is 2. The Labute approximate surface area is 131 Å². The minimum atomic E-state index is 0.219. The number of aryl methyl sites for hydroxylation is 2. The molecule has 1 unspecified atom stereocenters. The normalized spacial score (nSPS) is 20.9. The van der Waals surface area contributed by atoms with Gasteiger partial charge in [0, 0.05) is 32.6 Å². The van der Waals surface area contributed by atoms with Gasteiger partial charge in [-0.2, -0.15) is 5.10 Å². The van der Waals surface area contributed by atoms with Gasteiger partial charge in [-0.15, -0.1) is 0 Å². The first-order valence-corrected chi connectivity index (χ1v) is 8.21. The monoisotopic (exact) mass is 297 g/mol. The lowest BCUT2D eigenvalue weighted by Crippen LogP contribution is -2.35. The SMILES string of the molecule is Cn1nc2c(c1CN1Cc3ccccc3C(CO)C1)CCC2. The quantitative estimate of drug-likeness (QED) is 0.942. The first-order valence-electron chi connectivity index (χ1n) is 8.21. The second-order valence-electron chi connectivity index (χ2n) is 6.60. The molecule has 4 nitrogen and oxygen atoms in total. The van der Waals surface area contributed by atoms with Gasteiger partial charge in [-0.3, -0.25) is 9.58 Å². The summed E-state index contributed by atoms with van der Waals surface area (Å²) in [5.41, 5.74) is 6.81. The topological polar surface area (TPSA) is 41.3 Å². The number of aliphatic hydroxyl groups excluding tert-OH is 1. The van der Waals surface area contributed by atoms with Crippen LogP contribution in [0.2, 0.25) is 0 Å². The maximum Gasteiger partial charge on any atom is 0.0660 e. The molecule has 0 saturated carbocycles. The van der Waals surface area contributed by atoms with Crippen LogP contribution >= 0.6 is 0 Å². The molecule has 2 aliphatic rings. The van der Waals surface area contributed by atoms with Crippen LogP contribution in [0.3, 0.4) is 0 Å². The van der Waals surface area contributed by atoms with E-state index in [1.54, 1.807) is 0 Å². The van der Waals surface area contributed by atoms with Crippen LogP contribution in [0.5, 0.6) is 0 Å². The molecular weight excluding hydrogens is 274 g/mol. The fraction of sp³-hybridized carbons (Fsp3) is 0.500. The Morgan fingerprint density at radius 1 is 1.27 bits per heavy atom. The Morgan fingerprint density at radius 3 is 3.00 bits per heavy atom. The Kier molecular flexibility index (Phi) is 3.51. The first kappa shape index (κ1) is 14.0. The van der Waals surface area contributed by atoms with Gasteiger partial charge >= 0.3 is 0 Å². The number of hydrogen-bond donors (Lipinski definition) is 1. The van der Waals surface area contributed by atoms with Gasteiger partial charge in [0.1, 0.15) is 0 Å². The summed E-state index contributed by atoms with van der Waals surface area (Å²) in [7, 11) is 2.06. The summed E-state index contributed by atoms with van der Waals surface area (Å²) in [6, 6.07) is 8.52. The molecule has 0 spiro atoms. The van der Waals surface area contributed by atoms with E-state index in [0.29, 0.717) is 0 Å². The van der Waals surface area contributed by atoms with Gasteiger partial charge in [0.2, 0.25) is 0 Å². The average molecular weight is 297 g/mol. The third kappa shape index (κ3) is 2.27. The molecule has 1 aliphatic heterocycles. The molecule has 0 radical (unpaired) electrons. The Morgan fingerprint density at radius 2 is 2.14 bits per heavy atom. The molecule has 2 heterocycles. The maximum atomic E-state index is 9.75. The van der Waals surface area contributed by atoms with Crippen LogP contribution in [0.15, 0.2) is 24.3 Å². The zero-order chi connectivity index (χ0) is 15.1. The van der Waals surface area contributed by atoms with Gasteiger partial charge in [0.05, 0.1) is 18.0 Å². The van der Waals surface area contributed by atoms with E-state index in [4.69, 9.17) is 0 Å². The molecule has 1 N–H and O–H groups in total. The van der Waals surface area contributed by atoms with Crippen LogP contribution in [-0.2, 0) is 33.0 Å². The van der Waals surface area contributed by atoms with Crippen LogP contribution < -0.4 is 0 Å². The van der Waals surface area contributed by atoms with Gasteiger partial charge in [-0.25, -0.2) is 0 Å². The van der Waals surface area contributed by atoms with Crippen molar-refractivity contribution < 1.29 is 5.11 Å². The predicted octanol–water partition coefficient (Wildman–Crippen LogP) is 2.00. The van der Waals surface area contributed by atoms with E-state index in [1.165, 1.54) is 40.9 Å². The van der Waals surface area contributed by atoms with Gasteiger partial charge in [-0.1, -0.05) is 24.3 Å². The van der Waals surface area contributed by atoms with E-state index in [2.05, 4.69) is 46.0 Å². The lowest BCUT2D eigenvalue weighted by molar-refractivity contribution is 0.170. The largest absolute Gasteiger partial charge is 0.396 e. The molecule has 0 saturated heterocycles. The number of hydrogen-bond acceptors (Lipinski definition) is 3. The predicted molar refractivity (Wildman–Crippen MR) is 85.6 cm³/mol. The Balaban J connectivity index is 1.60. The summed E-state index contributed by atoms with van der Waals surface area (Å²) in [5, 5.41) is 14.4. The van der Waals surface area contributed by atoms with Crippen molar-refractivity contribution in [3.63, 3.8) is 0 Å². The summed E-state index contributed by atoms with van der Waals surface area (Å²) in [6.07, 6.45) is 3.55. The number of aliphatic hydroxyl groups is 1. The molecule has 4 rings (SSSR count). The van der Waals surface area contributed by atoms with Gasteiger partial charge in [0.25, 0.3) is 0 Å². The van der Waals surface area contributed by atoms with E-state index in [9.17, 15) is 5.11 Å². The molecule has 0 fully saturated rings. The highest BCUT2D eigenvalue weighted by molar-refractivity contribution is 5.34. The molecule has 1 aromatic heterocycles. The Hall–Kier alpha value is -1.65. The zero-order valence-electron chi connectivity index (χ0n) is 13.1. The van der Waals surface area contributed by atoms with E-state index in [1.807, 2.05) is 0 Å². The summed E-state index contributed by atoms with van der Waals surface area (Å²) < 4.78 is 2.07. The second kappa shape index (κ2) is 5.52. The molecule has 22 heavy (non-hydrogen) atoms. The van der Waals surface area contributed by atoms with Crippen molar-refractivity contribution in [1.82, 2.24) is 14.7 Å². The standard InChI is InChI=1S/C18H23N3O/c1-20-18(16-7-4-8-17(16)19-20)11-21-9-13-5-2-3-6-15(13)14(10-21)12-22/h2-3,5-6,14,22H,4,7-12H2,1H3. The van der Waals surface area contributed by atoms with E-state index < -0.39 is 0 Å². The molecule has 0 amide bonds. The van der Waals surface area contributed by atoms with Crippen LogP contribution in [0.4, 0.5) is 0 Å². The van der Waals surface area contributed by atoms with Gasteiger partial charge in [-0.05, 0) is 36.0 Å². The van der Waals surface area contributed by atoms with Crippen molar-refractivity contribution in [2.75, 3.05) is 13.2 Å². The number of rotatable bonds is 3. The van der Waals surface area contributed by atoms with Crippen LogP contribution in [-0.4, -0.2) is 32.9 Å². The van der Waals surface area contributed by atoms with Crippen molar-refractivity contribution in [2.24, 2.45) is 7.05 Å². The highest BCUT2D eigenvalue weighted by atomic mass is 16.3. The van der Waals surface area contributed by atoms with E-state index >= 15 is 0 Å². The molecule has 1 atom stereocenters. The van der Waals surface area contributed by atoms with Gasteiger partial charge in [0.15, 0.2) is 0 Å². The third-order valence-electron chi connectivity index (χ3n) is 5.16. The summed E-state index contributed by atoms with van der Waals surface area (Å²) in [5.74, 6) is 0.228. The lowest BCUT2D eigenvalue weighted by Gasteiger charge is -2.34. The van der Waals surface area contributed by atoms with Crippen molar-refractivity contribution in [3.8, 4) is 0 Å². The fourth-order valence-electron chi connectivity index (χ4n) is 4.06.